The number of nitrogens with two attached hydrogens (primary N) is 1. The average molecular weight is 200 g/mol. The minimum Gasteiger partial charge on any atom is -0.395 e. The summed E-state index contributed by atoms with van der Waals surface area (Å²) < 4.78 is 35.4. The van der Waals surface area contributed by atoms with Crippen LogP contribution in [0.5, 0.6) is 0 Å². The number of hydrogen-bond acceptors (Lipinski definition) is 3. The molecule has 0 aromatic heterocycles. The lowest BCUT2D eigenvalue weighted by atomic mass is 10.2. The highest BCUT2D eigenvalue weighted by Crippen LogP contribution is 2.15. The molecule has 3 N–H and O–H groups in total. The lowest BCUT2D eigenvalue weighted by molar-refractivity contribution is -0.143. The molecule has 80 valence electrons. The van der Waals surface area contributed by atoms with Gasteiger partial charge in [0.1, 0.15) is 0 Å². The predicted molar refractivity (Wildman–Crippen MR) is 43.2 cm³/mol. The molecular weight excluding hydrogens is 185 g/mol. The van der Waals surface area contributed by atoms with Crippen LogP contribution in [0.15, 0.2) is 0 Å². The van der Waals surface area contributed by atoms with Gasteiger partial charge >= 0.3 is 6.18 Å². The van der Waals surface area contributed by atoms with Crippen molar-refractivity contribution in [2.75, 3.05) is 26.7 Å². The summed E-state index contributed by atoms with van der Waals surface area (Å²) in [6.07, 6.45) is -3.80. The van der Waals surface area contributed by atoms with Gasteiger partial charge in [0.05, 0.1) is 13.2 Å². The molecular formula is C7H15F3N2O. The minimum absolute atomic E-state index is 0.195. The maximum absolute atomic E-state index is 11.8. The van der Waals surface area contributed by atoms with Gasteiger partial charge in [-0.3, -0.25) is 4.90 Å². The molecule has 0 amide bonds. The van der Waals surface area contributed by atoms with Crippen molar-refractivity contribution < 1.29 is 18.3 Å². The monoisotopic (exact) mass is 200 g/mol. The molecule has 0 aromatic rings. The second kappa shape index (κ2) is 5.41. The molecule has 0 radical (unpaired) electrons. The summed E-state index contributed by atoms with van der Waals surface area (Å²) in [5, 5.41) is 8.51. The minimum atomic E-state index is -4.17. The molecule has 0 aliphatic heterocycles. The smallest absolute Gasteiger partial charge is 0.395 e. The zero-order valence-corrected chi connectivity index (χ0v) is 7.51. The Balaban J connectivity index is 3.57. The summed E-state index contributed by atoms with van der Waals surface area (Å²) in [7, 11) is 1.37. The second-order valence-corrected chi connectivity index (χ2v) is 3.08. The number of halogens is 3. The SMILES string of the molecule is CN(CCC(N)CO)CC(F)(F)F. The standard InChI is InChI=1S/C7H15F3N2O/c1-12(5-7(8,9)10)3-2-6(11)4-13/h6,13H,2-5,11H2,1H3. The number of alkyl halides is 3. The van der Waals surface area contributed by atoms with E-state index in [1.165, 1.54) is 7.05 Å². The molecule has 6 heteroatoms. The van der Waals surface area contributed by atoms with Crippen LogP contribution in [0.25, 0.3) is 0 Å². The van der Waals surface area contributed by atoms with Gasteiger partial charge in [0.15, 0.2) is 0 Å². The fourth-order valence-corrected chi connectivity index (χ4v) is 0.863. The Morgan fingerprint density at radius 3 is 2.38 bits per heavy atom. The maximum Gasteiger partial charge on any atom is 0.401 e. The topological polar surface area (TPSA) is 49.5 Å². The number of rotatable bonds is 5. The average Bonchev–Trinajstić information content (AvgIpc) is 1.97. The van der Waals surface area contributed by atoms with Crippen molar-refractivity contribution in [2.45, 2.75) is 18.6 Å². The number of aliphatic hydroxyl groups is 1. The van der Waals surface area contributed by atoms with E-state index in [0.29, 0.717) is 6.42 Å². The molecule has 0 aromatic carbocycles. The zero-order chi connectivity index (χ0) is 10.5. The first-order chi connectivity index (χ1) is 5.85. The molecule has 0 saturated heterocycles. The lowest BCUT2D eigenvalue weighted by Crippen LogP contribution is -2.35. The fraction of sp³-hybridized carbons (Fsp3) is 1.00. The first-order valence-electron chi connectivity index (χ1n) is 3.97. The van der Waals surface area contributed by atoms with Crippen LogP contribution in [0.4, 0.5) is 13.2 Å². The molecule has 0 bridgehead atoms. The van der Waals surface area contributed by atoms with Crippen molar-refractivity contribution in [3.8, 4) is 0 Å². The van der Waals surface area contributed by atoms with Gasteiger partial charge < -0.3 is 10.8 Å². The Bertz CT molecular complexity index is 140. The Kier molecular flexibility index (Phi) is 5.27. The maximum atomic E-state index is 11.8. The van der Waals surface area contributed by atoms with Crippen LogP contribution in [-0.2, 0) is 0 Å². The van der Waals surface area contributed by atoms with Gasteiger partial charge in [0, 0.05) is 6.04 Å². The van der Waals surface area contributed by atoms with Crippen molar-refractivity contribution in [3.05, 3.63) is 0 Å². The van der Waals surface area contributed by atoms with Crippen LogP contribution in [0.1, 0.15) is 6.42 Å². The van der Waals surface area contributed by atoms with E-state index in [4.69, 9.17) is 10.8 Å². The van der Waals surface area contributed by atoms with Crippen LogP contribution < -0.4 is 5.73 Å². The first-order valence-corrected chi connectivity index (χ1v) is 3.97. The van der Waals surface area contributed by atoms with Gasteiger partial charge in [0.25, 0.3) is 0 Å². The molecule has 0 rings (SSSR count). The van der Waals surface area contributed by atoms with E-state index in [0.717, 1.165) is 4.90 Å². The van der Waals surface area contributed by atoms with E-state index in [2.05, 4.69) is 0 Å². The van der Waals surface area contributed by atoms with Crippen LogP contribution in [0.3, 0.4) is 0 Å². The summed E-state index contributed by atoms with van der Waals surface area (Å²) in [5.74, 6) is 0. The number of aliphatic hydroxyl groups excluding tert-OH is 1. The molecule has 1 unspecified atom stereocenters. The molecule has 3 nitrogen and oxygen atoms in total. The third-order valence-corrected chi connectivity index (χ3v) is 1.57. The van der Waals surface area contributed by atoms with Crippen molar-refractivity contribution in [1.82, 2.24) is 4.90 Å². The van der Waals surface area contributed by atoms with E-state index in [1.807, 2.05) is 0 Å². The highest BCUT2D eigenvalue weighted by atomic mass is 19.4. The van der Waals surface area contributed by atoms with E-state index in [1.54, 1.807) is 0 Å². The van der Waals surface area contributed by atoms with Crippen molar-refractivity contribution >= 4 is 0 Å². The quantitative estimate of drug-likeness (QED) is 0.666. The van der Waals surface area contributed by atoms with Gasteiger partial charge in [-0.25, -0.2) is 0 Å². The zero-order valence-electron chi connectivity index (χ0n) is 7.51. The fourth-order valence-electron chi connectivity index (χ4n) is 0.863. The summed E-state index contributed by atoms with van der Waals surface area (Å²) in [6.45, 7) is -0.897. The lowest BCUT2D eigenvalue weighted by Gasteiger charge is -2.19. The second-order valence-electron chi connectivity index (χ2n) is 3.08. The van der Waals surface area contributed by atoms with Crippen LogP contribution in [0.2, 0.25) is 0 Å². The van der Waals surface area contributed by atoms with E-state index >= 15 is 0 Å². The van der Waals surface area contributed by atoms with E-state index < -0.39 is 18.8 Å². The Morgan fingerprint density at radius 1 is 1.46 bits per heavy atom. The molecule has 0 saturated carbocycles. The van der Waals surface area contributed by atoms with Crippen molar-refractivity contribution in [1.29, 1.82) is 0 Å². The van der Waals surface area contributed by atoms with Crippen LogP contribution in [-0.4, -0.2) is 49.0 Å². The van der Waals surface area contributed by atoms with Gasteiger partial charge in [0.2, 0.25) is 0 Å². The van der Waals surface area contributed by atoms with Gasteiger partial charge in [-0.15, -0.1) is 0 Å². The first kappa shape index (κ1) is 12.7. The number of nitrogens with zero attached hydrogens (tertiary/aromatic N) is 1. The Hall–Kier alpha value is -0.330. The summed E-state index contributed by atoms with van der Waals surface area (Å²) >= 11 is 0. The molecule has 0 fully saturated rings. The molecule has 0 heterocycles. The van der Waals surface area contributed by atoms with Gasteiger partial charge in [-0.1, -0.05) is 0 Å². The van der Waals surface area contributed by atoms with Gasteiger partial charge in [-0.2, -0.15) is 13.2 Å². The van der Waals surface area contributed by atoms with Crippen molar-refractivity contribution in [3.63, 3.8) is 0 Å². The third kappa shape index (κ3) is 8.01. The molecule has 0 aliphatic carbocycles. The highest BCUT2D eigenvalue weighted by Gasteiger charge is 2.28. The largest absolute Gasteiger partial charge is 0.401 e. The molecule has 0 aliphatic rings. The summed E-state index contributed by atoms with van der Waals surface area (Å²) in [4.78, 5) is 1.13. The Labute approximate surface area is 75.3 Å². The summed E-state index contributed by atoms with van der Waals surface area (Å²) in [6, 6.07) is -0.435. The van der Waals surface area contributed by atoms with E-state index in [-0.39, 0.29) is 13.2 Å². The van der Waals surface area contributed by atoms with Crippen LogP contribution >= 0.6 is 0 Å². The molecule has 13 heavy (non-hydrogen) atoms. The molecule has 0 spiro atoms. The summed E-state index contributed by atoms with van der Waals surface area (Å²) in [5.41, 5.74) is 5.33. The predicted octanol–water partition coefficient (Wildman–Crippen LogP) is 0.190. The van der Waals surface area contributed by atoms with Crippen LogP contribution in [0, 0.1) is 0 Å². The van der Waals surface area contributed by atoms with Crippen molar-refractivity contribution in [2.24, 2.45) is 5.73 Å². The highest BCUT2D eigenvalue weighted by molar-refractivity contribution is 4.64. The molecule has 1 atom stereocenters. The van der Waals surface area contributed by atoms with E-state index in [9.17, 15) is 13.2 Å². The third-order valence-electron chi connectivity index (χ3n) is 1.57. The Morgan fingerprint density at radius 2 is 2.00 bits per heavy atom. The number of hydrogen-bond donors (Lipinski definition) is 2. The van der Waals surface area contributed by atoms with Gasteiger partial charge in [-0.05, 0) is 20.0 Å². The normalized spacial score (nSPS) is 15.0.